The molecular weight excluding hydrogens is 1800 g/mol. The molecule has 0 spiro atoms. The number of hydrogen-bond donors (Lipinski definition) is 5. The molecule has 4 aromatic carbocycles. The maximum atomic E-state index is 15.1. The molecular formula is C88H92F8N32O5S2. The third-order valence-corrected chi connectivity index (χ3v) is 23.2. The molecule has 37 nitrogen and oxygen atoms in total. The van der Waals surface area contributed by atoms with Gasteiger partial charge in [0.15, 0.2) is 69.8 Å². The first-order valence-corrected chi connectivity index (χ1v) is 44.1. The van der Waals surface area contributed by atoms with Crippen LogP contribution in [0.2, 0.25) is 0 Å². The molecule has 0 bridgehead atoms. The van der Waals surface area contributed by atoms with E-state index in [0.29, 0.717) is 73.9 Å². The number of pyridine rings is 4. The monoisotopic (exact) mass is 1890 g/mol. The van der Waals surface area contributed by atoms with Crippen molar-refractivity contribution >= 4 is 45.9 Å². The van der Waals surface area contributed by atoms with Crippen LogP contribution in [0.1, 0.15) is 50.6 Å². The highest BCUT2D eigenvalue weighted by Crippen LogP contribution is 2.40. The van der Waals surface area contributed by atoms with Crippen LogP contribution in [0.5, 0.6) is 23.0 Å². The summed E-state index contributed by atoms with van der Waals surface area (Å²) in [5.41, 5.74) is 30.1. The van der Waals surface area contributed by atoms with Gasteiger partial charge in [-0.05, 0) is 194 Å². The van der Waals surface area contributed by atoms with Gasteiger partial charge in [-0.3, -0.25) is 9.36 Å². The highest BCUT2D eigenvalue weighted by Gasteiger charge is 2.30. The highest BCUT2D eigenvalue weighted by atomic mass is 32.1. The van der Waals surface area contributed by atoms with Crippen molar-refractivity contribution in [3.8, 4) is 134 Å². The Balaban J connectivity index is 0.000000137. The number of nitrogens with zero attached hydrogens (tertiary/aromatic N) is 27. The molecule has 2 saturated heterocycles. The van der Waals surface area contributed by atoms with Crippen LogP contribution in [0.15, 0.2) is 151 Å². The number of likely N-dealkylation sites (N-methyl/N-ethyl adjacent to an activating group) is 3. The van der Waals surface area contributed by atoms with Gasteiger partial charge in [0.2, 0.25) is 5.82 Å². The second-order valence-electron chi connectivity index (χ2n) is 31.8. The Kier molecular flexibility index (Phi) is 30.4. The van der Waals surface area contributed by atoms with Crippen LogP contribution in [0.4, 0.5) is 58.4 Å². The number of aromatic nitrogens is 24. The molecule has 18 rings (SSSR count). The zero-order valence-corrected chi connectivity index (χ0v) is 75.8. The van der Waals surface area contributed by atoms with Crippen molar-refractivity contribution in [1.29, 1.82) is 0 Å². The molecule has 135 heavy (non-hydrogen) atoms. The number of nitrogen functional groups attached to an aromatic ring is 4. The molecule has 2 aliphatic heterocycles. The fourth-order valence-electron chi connectivity index (χ4n) is 14.2. The van der Waals surface area contributed by atoms with Crippen molar-refractivity contribution in [2.24, 2.45) is 0 Å². The summed E-state index contributed by atoms with van der Waals surface area (Å²) in [7, 11) is 11.3. The summed E-state index contributed by atoms with van der Waals surface area (Å²) in [6.07, 6.45) is 18.5. The maximum absolute atomic E-state index is 15.1. The molecule has 0 aliphatic carbocycles. The van der Waals surface area contributed by atoms with Gasteiger partial charge in [-0.2, -0.15) is 33.3 Å². The number of thiophene rings is 2. The molecule has 2 fully saturated rings. The van der Waals surface area contributed by atoms with E-state index in [1.165, 1.54) is 23.5 Å². The van der Waals surface area contributed by atoms with Crippen LogP contribution >= 0.6 is 22.7 Å². The lowest BCUT2D eigenvalue weighted by Crippen LogP contribution is -2.28. The molecule has 12 aromatic heterocycles. The van der Waals surface area contributed by atoms with E-state index < -0.39 is 63.6 Å². The maximum Gasteiger partial charge on any atom is 0.202 e. The van der Waals surface area contributed by atoms with Crippen molar-refractivity contribution in [1.82, 2.24) is 140 Å². The number of nitrogens with one attached hydrogen (secondary N) is 1. The predicted octanol–water partition coefficient (Wildman–Crippen LogP) is 12.5. The van der Waals surface area contributed by atoms with Crippen LogP contribution in [0, 0.1) is 53.5 Å². The van der Waals surface area contributed by atoms with E-state index in [-0.39, 0.29) is 101 Å². The Labute approximate surface area is 774 Å². The quantitative estimate of drug-likeness (QED) is 0.0261. The minimum atomic E-state index is -1.13. The van der Waals surface area contributed by atoms with Gasteiger partial charge in [0, 0.05) is 162 Å². The Morgan fingerprint density at radius 2 is 0.896 bits per heavy atom. The number of benzene rings is 4. The second kappa shape index (κ2) is 43.3. The first-order valence-electron chi connectivity index (χ1n) is 42.3. The topological polar surface area (TPSA) is 434 Å². The van der Waals surface area contributed by atoms with Crippen molar-refractivity contribution < 1.29 is 58.8 Å². The molecule has 1 atom stereocenters. The van der Waals surface area contributed by atoms with E-state index in [9.17, 15) is 22.0 Å². The Bertz CT molecular complexity index is 6680. The minimum Gasteiger partial charge on any atom is -0.492 e. The molecule has 2 aliphatic rings. The zero-order chi connectivity index (χ0) is 95.1. The van der Waals surface area contributed by atoms with Gasteiger partial charge in [-0.1, -0.05) is 13.0 Å². The van der Waals surface area contributed by atoms with Gasteiger partial charge in [0.1, 0.15) is 89.7 Å². The van der Waals surface area contributed by atoms with Crippen LogP contribution < -0.4 is 47.2 Å². The van der Waals surface area contributed by atoms with Crippen molar-refractivity contribution in [3.63, 3.8) is 0 Å². The summed E-state index contributed by atoms with van der Waals surface area (Å²) in [4.78, 5) is 24.6. The minimum absolute atomic E-state index is 0.0442. The summed E-state index contributed by atoms with van der Waals surface area (Å²) >= 11 is 3.08. The second-order valence-corrected chi connectivity index (χ2v) is 33.6. The normalized spacial score (nSPS) is 13.3. The summed E-state index contributed by atoms with van der Waals surface area (Å²) in [5, 5.41) is 61.7. The van der Waals surface area contributed by atoms with Crippen LogP contribution in [0.25, 0.3) is 111 Å². The standard InChI is InChI=1S/C24H27F2N9O2.C23H25F2N9O.C21H21F2N7OS.C20H19F2N7OS/c1-33(2)5-8-37-18-10-20(25)22(21(26)11-18)35-24(30-31-32-35)19-9-15(12-28-23(19)27)16-13-29-34(14-16)17-3-6-36-7-4-17;1-2-8-33-12-15(11-29-33)14-9-17(22(26)28-10-14)23-30-31-32-34(23)18-5-6-19(21(25)20(18)24)35-13-16-4-3-7-27-16;1-12-6-18(32-11-12)13-7-15(20(24)25-10-13)21-26-27-28-30(21)19-16(22)8-14(9-17(19)23)31-5-4-29(2)3;1-28(2)5-6-30-13-9-15(21)18(16(22)10-13)29-20(25-26-27-29)14-8-12(11-24-19(14)23)17-4-3-7-31-17/h9-14,17H,3-8H2,1-2H3,(H2,27,28);5-6,9-12,16,27H,2-4,7-8,13H2,1H3,(H2,26,28);6-11H,4-5H2,1-3H3,(H2,24,25);3-4,7-11H,5-6H2,1-2H3,(H2,23,24)/t;16-;;/m.0../s1. The number of halogens is 8. The van der Waals surface area contributed by atoms with Gasteiger partial charge in [0.05, 0.1) is 40.7 Å². The SMILES string of the molecule is CCCn1cc(-c2cnc(N)c(-c3nnnn3-c3ccc(OC[C@@H]4CCCN4)c(F)c3F)c2)cn1.CN(C)CCOc1cc(F)c(-n2nnnc2-c2cc(-c3cccs3)cnc2N)c(F)c1.CN(C)CCOc1cc(F)c(-n2nnnc2-c2cc(-c3cnn(C4CCOCC4)c3)cnc2N)c(F)c1.Cc1csc(-c2cnc(N)c(-c3nnnn3-c3c(F)cc(OCCN(C)C)cc3F)c2)c1. The molecule has 0 saturated carbocycles. The number of hydrogen-bond acceptors (Lipinski definition) is 33. The number of anilines is 4. The van der Waals surface area contributed by atoms with E-state index in [4.69, 9.17) is 46.6 Å². The summed E-state index contributed by atoms with van der Waals surface area (Å²) in [5.74, 6) is -6.54. The first kappa shape index (κ1) is 94.9. The smallest absolute Gasteiger partial charge is 0.202 e. The van der Waals surface area contributed by atoms with E-state index in [2.05, 4.69) is 104 Å². The number of rotatable bonds is 30. The lowest BCUT2D eigenvalue weighted by Gasteiger charge is -2.22. The average molecular weight is 1890 g/mol. The number of ether oxygens (including phenoxy) is 5. The Hall–Kier alpha value is -14.8. The van der Waals surface area contributed by atoms with Gasteiger partial charge in [-0.25, -0.2) is 50.7 Å². The first-order chi connectivity index (χ1) is 65.2. The predicted molar refractivity (Wildman–Crippen MR) is 489 cm³/mol. The largest absolute Gasteiger partial charge is 0.492 e. The molecule has 0 radical (unpaired) electrons. The molecule has 14 heterocycles. The van der Waals surface area contributed by atoms with Gasteiger partial charge in [0.25, 0.3) is 0 Å². The molecule has 16 aromatic rings. The van der Waals surface area contributed by atoms with Crippen molar-refractivity contribution in [2.75, 3.05) is 131 Å². The molecule has 0 amide bonds. The fraction of sp³-hybridized carbons (Fsp3) is 0.295. The van der Waals surface area contributed by atoms with Gasteiger partial charge < -0.3 is 66.6 Å². The average Bonchev–Trinajstić information content (AvgIpc) is 1.70. The number of nitrogens with two attached hydrogens (primary N) is 4. The van der Waals surface area contributed by atoms with Crippen LogP contribution in [-0.2, 0) is 11.3 Å². The number of aryl methyl sites for hydroxylation is 2. The zero-order valence-electron chi connectivity index (χ0n) is 74.2. The number of tetrazole rings is 4. The third kappa shape index (κ3) is 22.6. The van der Waals surface area contributed by atoms with E-state index in [1.807, 2.05) is 115 Å². The van der Waals surface area contributed by atoms with Crippen molar-refractivity contribution in [2.45, 2.75) is 64.6 Å². The van der Waals surface area contributed by atoms with Crippen molar-refractivity contribution in [3.05, 3.63) is 203 Å². The van der Waals surface area contributed by atoms with Crippen LogP contribution in [-0.4, -0.2) is 249 Å². The van der Waals surface area contributed by atoms with Crippen LogP contribution in [0.3, 0.4) is 0 Å². The summed E-state index contributed by atoms with van der Waals surface area (Å²) < 4.78 is 155. The Morgan fingerprint density at radius 3 is 1.32 bits per heavy atom. The highest BCUT2D eigenvalue weighted by molar-refractivity contribution is 7.14. The van der Waals surface area contributed by atoms with E-state index in [1.54, 1.807) is 72.8 Å². The summed E-state index contributed by atoms with van der Waals surface area (Å²) in [6.45, 7) is 10.1. The lowest BCUT2D eigenvalue weighted by atomic mass is 10.1. The van der Waals surface area contributed by atoms with Gasteiger partial charge >= 0.3 is 0 Å². The van der Waals surface area contributed by atoms with E-state index in [0.717, 1.165) is 143 Å². The molecule has 47 heteroatoms. The molecule has 9 N–H and O–H groups in total. The molecule has 0 unspecified atom stereocenters. The van der Waals surface area contributed by atoms with E-state index >= 15 is 13.2 Å². The Morgan fingerprint density at radius 1 is 0.467 bits per heavy atom. The third-order valence-electron chi connectivity index (χ3n) is 21.1. The van der Waals surface area contributed by atoms with Gasteiger partial charge in [-0.15, -0.1) is 43.1 Å². The fourth-order valence-corrected chi connectivity index (χ4v) is 15.8. The lowest BCUT2D eigenvalue weighted by molar-refractivity contribution is 0.0662. The molecule has 702 valence electrons. The summed E-state index contributed by atoms with van der Waals surface area (Å²) in [6, 6.07) is 22.6.